The van der Waals surface area contributed by atoms with Crippen LogP contribution in [-0.4, -0.2) is 0 Å². The van der Waals surface area contributed by atoms with Crippen molar-refractivity contribution in [2.75, 3.05) is 0 Å². The molecule has 1 atom stereocenters. The van der Waals surface area contributed by atoms with E-state index in [4.69, 9.17) is 4.42 Å². The van der Waals surface area contributed by atoms with Gasteiger partial charge < -0.3 is 4.42 Å². The molecule has 0 fully saturated rings. The SMILES string of the molecule is C=C/C=C\c1c(C)oc2c1C(C(C)Cc1ccc3c(c1)C(C)(C)c1cc(-c4cccc(/C(C=C(C)CC)=C/C=C\C)c4)c(C=C)c(C=C)c1-3)=CCC2. The second kappa shape index (κ2) is 15.2. The minimum Gasteiger partial charge on any atom is -0.465 e. The number of aryl methyl sites for hydroxylation is 2. The van der Waals surface area contributed by atoms with E-state index >= 15 is 0 Å². The lowest BCUT2D eigenvalue weighted by Gasteiger charge is -2.25. The summed E-state index contributed by atoms with van der Waals surface area (Å²) in [7, 11) is 0. The zero-order valence-electron chi connectivity index (χ0n) is 32.3. The summed E-state index contributed by atoms with van der Waals surface area (Å²) in [5, 5.41) is 0. The minimum absolute atomic E-state index is 0.187. The Morgan fingerprint density at radius 1 is 0.923 bits per heavy atom. The fourth-order valence-electron chi connectivity index (χ4n) is 8.28. The first-order valence-corrected chi connectivity index (χ1v) is 18.9. The molecule has 0 bridgehead atoms. The second-order valence-electron chi connectivity index (χ2n) is 14.9. The minimum atomic E-state index is -0.187. The van der Waals surface area contributed by atoms with Crippen molar-refractivity contribution in [2.45, 2.75) is 79.6 Å². The Kier molecular flexibility index (Phi) is 10.7. The molecule has 1 heteroatoms. The molecule has 1 unspecified atom stereocenters. The van der Waals surface area contributed by atoms with Gasteiger partial charge in [0.05, 0.1) is 0 Å². The Morgan fingerprint density at radius 3 is 2.42 bits per heavy atom. The first-order valence-electron chi connectivity index (χ1n) is 18.9. The number of benzene rings is 3. The van der Waals surface area contributed by atoms with Gasteiger partial charge in [0.25, 0.3) is 0 Å². The molecule has 2 aliphatic rings. The molecule has 52 heavy (non-hydrogen) atoms. The monoisotopic (exact) mass is 682 g/mol. The molecule has 264 valence electrons. The standard InChI is InChI=1S/C51H54O/c1-11-16-20-37(28-33(6)13-3)38-21-18-22-39(31-38)45-32-47-49(41(15-5)40(45)14-4)44-27-26-36(30-46(44)51(47,9)10)29-34(7)42-24-19-25-48-50(42)43(23-17-12-2)35(8)52-48/h11-12,14-18,20-24,26-28,30-32,34H,2,4-5,13,19,25,29H2,1,3,6-10H3/b16-11-,23-17-,33-28?,37-20+. The largest absolute Gasteiger partial charge is 0.465 e. The van der Waals surface area contributed by atoms with Gasteiger partial charge in [-0.1, -0.05) is 150 Å². The van der Waals surface area contributed by atoms with E-state index in [-0.39, 0.29) is 5.41 Å². The Bertz CT molecular complexity index is 2210. The molecule has 0 saturated carbocycles. The van der Waals surface area contributed by atoms with Crippen LogP contribution in [0.2, 0.25) is 0 Å². The predicted molar refractivity (Wildman–Crippen MR) is 228 cm³/mol. The molecule has 0 aliphatic heterocycles. The van der Waals surface area contributed by atoms with Gasteiger partial charge in [0.1, 0.15) is 11.5 Å². The summed E-state index contributed by atoms with van der Waals surface area (Å²) in [6.45, 7) is 28.2. The van der Waals surface area contributed by atoms with Crippen LogP contribution in [0.4, 0.5) is 0 Å². The Morgan fingerprint density at radius 2 is 1.71 bits per heavy atom. The lowest BCUT2D eigenvalue weighted by molar-refractivity contribution is 0.479. The zero-order valence-corrected chi connectivity index (χ0v) is 32.3. The average Bonchev–Trinajstić information content (AvgIpc) is 3.59. The highest BCUT2D eigenvalue weighted by molar-refractivity contribution is 5.95. The molecule has 6 rings (SSSR count). The van der Waals surface area contributed by atoms with E-state index in [1.807, 2.05) is 24.3 Å². The van der Waals surface area contributed by atoms with Crippen LogP contribution >= 0.6 is 0 Å². The molecule has 0 saturated heterocycles. The van der Waals surface area contributed by atoms with Crippen molar-refractivity contribution in [3.63, 3.8) is 0 Å². The number of hydrogen-bond acceptors (Lipinski definition) is 1. The highest BCUT2D eigenvalue weighted by atomic mass is 16.3. The van der Waals surface area contributed by atoms with E-state index in [1.54, 1.807) is 0 Å². The summed E-state index contributed by atoms with van der Waals surface area (Å²) in [4.78, 5) is 0. The zero-order chi connectivity index (χ0) is 37.2. The number of rotatable bonds is 12. The average molecular weight is 683 g/mol. The molecule has 1 heterocycles. The van der Waals surface area contributed by atoms with Crippen LogP contribution in [0.3, 0.4) is 0 Å². The number of hydrogen-bond donors (Lipinski definition) is 0. The van der Waals surface area contributed by atoms with Gasteiger partial charge in [-0.3, -0.25) is 0 Å². The fraction of sp³-hybridized carbons (Fsp3) is 0.255. The molecule has 2 aliphatic carbocycles. The van der Waals surface area contributed by atoms with E-state index in [9.17, 15) is 0 Å². The van der Waals surface area contributed by atoms with Crippen LogP contribution in [0, 0.1) is 12.8 Å². The quantitative estimate of drug-likeness (QED) is 0.136. The van der Waals surface area contributed by atoms with Crippen molar-refractivity contribution >= 4 is 29.4 Å². The first-order chi connectivity index (χ1) is 25.1. The third kappa shape index (κ3) is 6.66. The van der Waals surface area contributed by atoms with Crippen molar-refractivity contribution in [1.29, 1.82) is 0 Å². The smallest absolute Gasteiger partial charge is 0.112 e. The fourth-order valence-corrected chi connectivity index (χ4v) is 8.28. The molecular formula is C51H54O. The van der Waals surface area contributed by atoms with Crippen LogP contribution in [-0.2, 0) is 18.3 Å². The van der Waals surface area contributed by atoms with Gasteiger partial charge >= 0.3 is 0 Å². The molecule has 0 radical (unpaired) electrons. The lowest BCUT2D eigenvalue weighted by Crippen LogP contribution is -2.16. The van der Waals surface area contributed by atoms with Crippen molar-refractivity contribution in [3.05, 3.63) is 172 Å². The van der Waals surface area contributed by atoms with Gasteiger partial charge in [-0.25, -0.2) is 0 Å². The number of fused-ring (bicyclic) bond motifs is 4. The molecule has 0 spiro atoms. The maximum absolute atomic E-state index is 6.27. The van der Waals surface area contributed by atoms with Gasteiger partial charge in [0.15, 0.2) is 0 Å². The van der Waals surface area contributed by atoms with Gasteiger partial charge in [0, 0.05) is 23.0 Å². The molecule has 4 aromatic rings. The van der Waals surface area contributed by atoms with E-state index < -0.39 is 0 Å². The summed E-state index contributed by atoms with van der Waals surface area (Å²) in [5.41, 5.74) is 18.8. The summed E-state index contributed by atoms with van der Waals surface area (Å²) in [5.74, 6) is 2.44. The highest BCUT2D eigenvalue weighted by Crippen LogP contribution is 2.53. The Hall–Kier alpha value is -5.14. The van der Waals surface area contributed by atoms with Crippen molar-refractivity contribution in [3.8, 4) is 22.3 Å². The molecule has 1 nitrogen and oxygen atoms in total. The van der Waals surface area contributed by atoms with Crippen molar-refractivity contribution < 1.29 is 4.42 Å². The molecule has 0 amide bonds. The normalized spacial score (nSPS) is 15.7. The van der Waals surface area contributed by atoms with Crippen molar-refractivity contribution in [1.82, 2.24) is 0 Å². The second-order valence-corrected chi connectivity index (χ2v) is 14.9. The third-order valence-electron chi connectivity index (χ3n) is 11.2. The summed E-state index contributed by atoms with van der Waals surface area (Å²) in [6.07, 6.45) is 25.1. The summed E-state index contributed by atoms with van der Waals surface area (Å²) < 4.78 is 6.27. The van der Waals surface area contributed by atoms with E-state index in [0.29, 0.717) is 5.92 Å². The van der Waals surface area contributed by atoms with Crippen LogP contribution in [0.15, 0.2) is 121 Å². The Balaban J connectivity index is 1.40. The molecule has 3 aromatic carbocycles. The number of allylic oxidation sites excluding steroid dienone is 10. The molecular weight excluding hydrogens is 629 g/mol. The van der Waals surface area contributed by atoms with Gasteiger partial charge in [-0.05, 0) is 125 Å². The van der Waals surface area contributed by atoms with Gasteiger partial charge in [-0.2, -0.15) is 0 Å². The molecule has 1 aromatic heterocycles. The molecule has 0 N–H and O–H groups in total. The highest BCUT2D eigenvalue weighted by Gasteiger charge is 2.38. The first kappa shape index (κ1) is 36.6. The topological polar surface area (TPSA) is 13.1 Å². The predicted octanol–water partition coefficient (Wildman–Crippen LogP) is 14.6. The van der Waals surface area contributed by atoms with Crippen LogP contribution in [0.5, 0.6) is 0 Å². The maximum Gasteiger partial charge on any atom is 0.112 e. The van der Waals surface area contributed by atoms with E-state index in [2.05, 4.69) is 153 Å². The number of furan rings is 1. The lowest BCUT2D eigenvalue weighted by atomic mass is 9.78. The van der Waals surface area contributed by atoms with E-state index in [1.165, 1.54) is 72.4 Å². The maximum atomic E-state index is 6.27. The van der Waals surface area contributed by atoms with Gasteiger partial charge in [-0.15, -0.1) is 0 Å². The third-order valence-corrected chi connectivity index (χ3v) is 11.2. The Labute approximate surface area is 312 Å². The summed E-state index contributed by atoms with van der Waals surface area (Å²) in [6, 6.07) is 18.5. The summed E-state index contributed by atoms with van der Waals surface area (Å²) >= 11 is 0. The van der Waals surface area contributed by atoms with Crippen LogP contribution in [0.25, 0.3) is 51.6 Å². The van der Waals surface area contributed by atoms with Gasteiger partial charge in [0.2, 0.25) is 0 Å². The van der Waals surface area contributed by atoms with Crippen LogP contribution in [0.1, 0.15) is 110 Å². The van der Waals surface area contributed by atoms with E-state index in [0.717, 1.165) is 48.3 Å². The van der Waals surface area contributed by atoms with Crippen molar-refractivity contribution in [2.24, 2.45) is 5.92 Å². The van der Waals surface area contributed by atoms with Crippen LogP contribution < -0.4 is 0 Å².